The molecule has 3 aliphatic carbocycles. The molecule has 11 atom stereocenters. The van der Waals surface area contributed by atoms with Crippen LogP contribution in [0, 0.1) is 22.7 Å². The molecule has 2 saturated carbocycles. The van der Waals surface area contributed by atoms with E-state index in [4.69, 9.17) is 37.9 Å². The molecule has 3 aromatic carbocycles. The van der Waals surface area contributed by atoms with E-state index in [0.717, 1.165) is 0 Å². The molecule has 74 heavy (non-hydrogen) atoms. The molecule has 2 bridgehead atoms. The molecule has 0 aromatic heterocycles. The van der Waals surface area contributed by atoms with Gasteiger partial charge in [-0.05, 0) is 69.0 Å². The SMILES string of the molecule is CO[C@H]1C[C@H]2OC[C@@]2(OC(C)=O)[C@H]2[C@H](OC(=O)c3ccccc3)[C@]3(O)C[C@H](OC(=O)[C@H](OC(=O)CNC(=O)OCc4ccccc4)[C@@H](NC(=O)OC(C)(C)C)c4ccccc4)C(C)=C([C@@H](CO)C(=O)[C@]12C)C3(C)C. The summed E-state index contributed by atoms with van der Waals surface area (Å²) in [6, 6.07) is 23.2. The van der Waals surface area contributed by atoms with Crippen LogP contribution in [0.15, 0.2) is 102 Å². The Hall–Kier alpha value is -6.67. The number of ketones is 1. The number of alkyl carbamates (subject to hydrolysis) is 2. The van der Waals surface area contributed by atoms with Gasteiger partial charge in [-0.15, -0.1) is 0 Å². The lowest BCUT2D eigenvalue weighted by atomic mass is 9.43. The van der Waals surface area contributed by atoms with E-state index in [-0.39, 0.29) is 41.9 Å². The molecule has 19 nitrogen and oxygen atoms in total. The number of methoxy groups -OCH3 is 1. The van der Waals surface area contributed by atoms with Crippen molar-refractivity contribution in [3.63, 3.8) is 0 Å². The van der Waals surface area contributed by atoms with Crippen molar-refractivity contribution in [1.82, 2.24) is 10.6 Å². The summed E-state index contributed by atoms with van der Waals surface area (Å²) in [6.07, 6.45) is -9.76. The average Bonchev–Trinajstić information content (AvgIpc) is 3.35. The van der Waals surface area contributed by atoms with Crippen LogP contribution in [-0.2, 0) is 63.7 Å². The van der Waals surface area contributed by atoms with E-state index in [9.17, 15) is 34.2 Å². The molecule has 0 unspecified atom stereocenters. The fourth-order valence-electron chi connectivity index (χ4n) is 11.5. The van der Waals surface area contributed by atoms with E-state index in [1.54, 1.807) is 127 Å². The molecule has 19 heteroatoms. The van der Waals surface area contributed by atoms with Crippen molar-refractivity contribution in [3.8, 4) is 0 Å². The van der Waals surface area contributed by atoms with E-state index in [1.807, 2.05) is 0 Å². The van der Waals surface area contributed by atoms with E-state index in [0.29, 0.717) is 5.56 Å². The van der Waals surface area contributed by atoms with E-state index >= 15 is 9.59 Å². The molecule has 1 saturated heterocycles. The van der Waals surface area contributed by atoms with Gasteiger partial charge in [0.05, 0.1) is 42.1 Å². The monoisotopic (exact) mass is 1030 g/mol. The zero-order valence-electron chi connectivity index (χ0n) is 43.0. The largest absolute Gasteiger partial charge is 0.455 e. The second-order valence-corrected chi connectivity index (χ2v) is 21.0. The molecule has 4 N–H and O–H groups in total. The van der Waals surface area contributed by atoms with Gasteiger partial charge in [-0.3, -0.25) is 14.4 Å². The maximum absolute atomic E-state index is 15.8. The summed E-state index contributed by atoms with van der Waals surface area (Å²) in [7, 11) is 1.40. The van der Waals surface area contributed by atoms with Crippen molar-refractivity contribution in [2.24, 2.45) is 22.7 Å². The summed E-state index contributed by atoms with van der Waals surface area (Å²) in [5.74, 6) is -7.53. The Kier molecular flexibility index (Phi) is 16.1. The van der Waals surface area contributed by atoms with Crippen LogP contribution in [-0.4, -0.2) is 126 Å². The lowest BCUT2D eigenvalue weighted by Crippen LogP contribution is -2.81. The number of nitrogens with one attached hydrogen (secondary N) is 2. The lowest BCUT2D eigenvalue weighted by Gasteiger charge is -2.68. The van der Waals surface area contributed by atoms with Crippen LogP contribution in [0.2, 0.25) is 0 Å². The summed E-state index contributed by atoms with van der Waals surface area (Å²) in [4.78, 5) is 98.9. The van der Waals surface area contributed by atoms with Crippen LogP contribution < -0.4 is 10.6 Å². The number of hydrogen-bond acceptors (Lipinski definition) is 17. The Labute approximate surface area is 429 Å². The quantitative estimate of drug-likeness (QED) is 0.0816. The fourth-order valence-corrected chi connectivity index (χ4v) is 11.5. The summed E-state index contributed by atoms with van der Waals surface area (Å²) < 4.78 is 47.9. The van der Waals surface area contributed by atoms with Crippen molar-refractivity contribution in [2.75, 3.05) is 26.9 Å². The van der Waals surface area contributed by atoms with Gasteiger partial charge in [-0.1, -0.05) is 92.7 Å². The van der Waals surface area contributed by atoms with Gasteiger partial charge in [0.1, 0.15) is 48.7 Å². The van der Waals surface area contributed by atoms with Crippen molar-refractivity contribution in [3.05, 3.63) is 119 Å². The third kappa shape index (κ3) is 10.6. The lowest BCUT2D eigenvalue weighted by molar-refractivity contribution is -0.347. The number of rotatable bonds is 15. The molecule has 398 valence electrons. The van der Waals surface area contributed by atoms with Gasteiger partial charge in [-0.25, -0.2) is 19.2 Å². The number of esters is 4. The van der Waals surface area contributed by atoms with Crippen LogP contribution in [0.5, 0.6) is 0 Å². The van der Waals surface area contributed by atoms with Crippen molar-refractivity contribution in [1.29, 1.82) is 0 Å². The first kappa shape index (κ1) is 55.1. The molecule has 3 fully saturated rings. The maximum Gasteiger partial charge on any atom is 0.408 e. The normalized spacial score (nSPS) is 28.7. The molecule has 0 radical (unpaired) electrons. The minimum atomic E-state index is -2.37. The second-order valence-electron chi connectivity index (χ2n) is 21.0. The van der Waals surface area contributed by atoms with Crippen LogP contribution in [0.4, 0.5) is 9.59 Å². The number of carbonyl (C=O) groups is 7. The fraction of sp³-hybridized carbons (Fsp3) is 0.509. The molecular weight excluding hydrogens is 961 g/mol. The van der Waals surface area contributed by atoms with Crippen LogP contribution in [0.1, 0.15) is 95.8 Å². The third-order valence-electron chi connectivity index (χ3n) is 15.0. The molecule has 0 spiro atoms. The van der Waals surface area contributed by atoms with Crippen molar-refractivity contribution in [2.45, 2.75) is 128 Å². The predicted octanol–water partition coefficient (Wildman–Crippen LogP) is 5.64. The summed E-state index contributed by atoms with van der Waals surface area (Å²) >= 11 is 0. The number of benzene rings is 3. The highest BCUT2D eigenvalue weighted by Crippen LogP contribution is 2.65. The number of aliphatic hydroxyl groups excluding tert-OH is 1. The molecule has 1 aliphatic heterocycles. The Morgan fingerprint density at radius 2 is 1.50 bits per heavy atom. The molecule has 7 rings (SSSR count). The standard InChI is InChI=1S/C55H66N2O17/c1-31-37(70-48(63)43(42(34-21-15-11-16-22-34)57-50(65)74-51(3,4)5)71-40(60)27-56-49(64)68-29-33-19-13-10-14-20-33)26-55(66)46(72-47(62)35-23-17-12-18-24-35)44-53(8,45(61)36(28-58)41(31)52(55,6)7)38(67-9)25-39-54(44,30-69-39)73-32(2)59/h10-24,36-39,42-44,46,58,66H,25-30H2,1-9H3,(H,56,64)(H,57,65)/t36-,37+,38+,39-,42+,43-,44+,46+,53-,54+,55-/m1/s1. The third-order valence-corrected chi connectivity index (χ3v) is 15.0. The van der Waals surface area contributed by atoms with Gasteiger partial charge in [-0.2, -0.15) is 0 Å². The number of fused-ring (bicyclic) bond motifs is 5. The highest BCUT2D eigenvalue weighted by Gasteiger charge is 2.78. The topological polar surface area (TPSA) is 258 Å². The number of amides is 2. The Bertz CT molecular complexity index is 2620. The predicted molar refractivity (Wildman–Crippen MR) is 261 cm³/mol. The first-order valence-corrected chi connectivity index (χ1v) is 24.5. The molecule has 2 amide bonds. The first-order valence-electron chi connectivity index (χ1n) is 24.5. The van der Waals surface area contributed by atoms with Gasteiger partial charge in [0.25, 0.3) is 0 Å². The average molecular weight is 1030 g/mol. The summed E-state index contributed by atoms with van der Waals surface area (Å²) in [5, 5.41) is 30.4. The highest BCUT2D eigenvalue weighted by atomic mass is 16.6. The first-order chi connectivity index (χ1) is 34.9. The number of aliphatic hydroxyl groups is 2. The van der Waals surface area contributed by atoms with Crippen molar-refractivity contribution >= 4 is 41.8 Å². The number of hydrogen-bond donors (Lipinski definition) is 4. The zero-order valence-corrected chi connectivity index (χ0v) is 43.0. The van der Waals surface area contributed by atoms with Crippen LogP contribution in [0.3, 0.4) is 0 Å². The smallest absolute Gasteiger partial charge is 0.408 e. The van der Waals surface area contributed by atoms with Gasteiger partial charge >= 0.3 is 36.1 Å². The van der Waals surface area contributed by atoms with Gasteiger partial charge in [0.15, 0.2) is 11.4 Å². The van der Waals surface area contributed by atoms with Gasteiger partial charge < -0.3 is 58.7 Å². The molecule has 4 aliphatic rings. The Morgan fingerprint density at radius 3 is 2.07 bits per heavy atom. The number of Topliss-reactive ketones (excluding diaryl/α,β-unsaturated/α-hetero) is 1. The Morgan fingerprint density at radius 1 is 0.878 bits per heavy atom. The molecule has 1 heterocycles. The van der Waals surface area contributed by atoms with Crippen LogP contribution >= 0.6 is 0 Å². The Balaban J connectivity index is 1.34. The molecular formula is C55H66N2O17. The van der Waals surface area contributed by atoms with Crippen molar-refractivity contribution < 1.29 is 81.7 Å². The van der Waals surface area contributed by atoms with E-state index in [2.05, 4.69) is 10.6 Å². The second kappa shape index (κ2) is 21.7. The van der Waals surface area contributed by atoms with E-state index < -0.39 is 137 Å². The summed E-state index contributed by atoms with van der Waals surface area (Å²) in [5.41, 5.74) is -7.08. The van der Waals surface area contributed by atoms with Gasteiger partial charge in [0.2, 0.25) is 6.10 Å². The van der Waals surface area contributed by atoms with E-state index in [1.165, 1.54) is 26.2 Å². The summed E-state index contributed by atoms with van der Waals surface area (Å²) in [6.45, 7) is 10.5. The number of ether oxygens (including phenoxy) is 8. The zero-order chi connectivity index (χ0) is 54.0. The highest BCUT2D eigenvalue weighted by molar-refractivity contribution is 5.93. The minimum Gasteiger partial charge on any atom is -0.455 e. The maximum atomic E-state index is 15.8. The number of carbonyl (C=O) groups excluding carboxylic acids is 7. The minimum absolute atomic E-state index is 0.0462. The van der Waals surface area contributed by atoms with Crippen LogP contribution in [0.25, 0.3) is 0 Å². The van der Waals surface area contributed by atoms with Gasteiger partial charge in [0, 0.05) is 32.3 Å². The molecule has 3 aromatic rings.